The Morgan fingerprint density at radius 2 is 2.20 bits per heavy atom. The van der Waals surface area contributed by atoms with Crippen LogP contribution in [-0.2, 0) is 6.42 Å². The van der Waals surface area contributed by atoms with E-state index in [1.165, 1.54) is 4.88 Å². The van der Waals surface area contributed by atoms with Crippen LogP contribution in [0.15, 0.2) is 15.9 Å². The first-order valence-corrected chi connectivity index (χ1v) is 6.96. The van der Waals surface area contributed by atoms with Crippen molar-refractivity contribution < 1.29 is 5.11 Å². The van der Waals surface area contributed by atoms with E-state index in [1.807, 2.05) is 0 Å². The van der Waals surface area contributed by atoms with Crippen LogP contribution >= 0.6 is 27.3 Å². The van der Waals surface area contributed by atoms with E-state index < -0.39 is 0 Å². The summed E-state index contributed by atoms with van der Waals surface area (Å²) in [5.41, 5.74) is 0.121. The Bertz CT molecular complexity index is 320. The number of hydrogen-bond acceptors (Lipinski definition) is 3. The van der Waals surface area contributed by atoms with E-state index in [9.17, 15) is 5.11 Å². The van der Waals surface area contributed by atoms with Gasteiger partial charge >= 0.3 is 0 Å². The van der Waals surface area contributed by atoms with Crippen LogP contribution in [0, 0.1) is 5.41 Å². The molecule has 0 radical (unpaired) electrons. The summed E-state index contributed by atoms with van der Waals surface area (Å²) in [5, 5.41) is 15.0. The number of hydrogen-bond donors (Lipinski definition) is 2. The molecule has 0 amide bonds. The lowest BCUT2D eigenvalue weighted by Crippen LogP contribution is -2.40. The number of aliphatic hydroxyl groups is 1. The van der Waals surface area contributed by atoms with E-state index in [4.69, 9.17) is 0 Å². The minimum Gasteiger partial charge on any atom is -0.396 e. The highest BCUT2D eigenvalue weighted by Crippen LogP contribution is 2.34. The zero-order valence-electron chi connectivity index (χ0n) is 8.63. The maximum atomic E-state index is 9.57. The fraction of sp³-hybridized carbons (Fsp3) is 0.636. The van der Waals surface area contributed by atoms with Crippen LogP contribution in [-0.4, -0.2) is 24.8 Å². The Kier molecular flexibility index (Phi) is 3.83. The quantitative estimate of drug-likeness (QED) is 0.896. The maximum Gasteiger partial charge on any atom is 0.0491 e. The van der Waals surface area contributed by atoms with Crippen LogP contribution in [0.2, 0.25) is 0 Å². The van der Waals surface area contributed by atoms with Gasteiger partial charge in [0.25, 0.3) is 0 Å². The molecule has 4 heteroatoms. The van der Waals surface area contributed by atoms with Crippen LogP contribution in [0.25, 0.3) is 0 Å². The molecule has 15 heavy (non-hydrogen) atoms. The van der Waals surface area contributed by atoms with Gasteiger partial charge in [-0.2, -0.15) is 0 Å². The second kappa shape index (κ2) is 4.95. The minimum absolute atomic E-state index is 0.121. The number of aliphatic hydroxyl groups excluding tert-OH is 1. The normalized spacial score (nSPS) is 20.4. The Labute approximate surface area is 103 Å². The molecule has 0 saturated carbocycles. The molecule has 1 aliphatic heterocycles. The minimum atomic E-state index is 0.121. The van der Waals surface area contributed by atoms with Gasteiger partial charge in [0.15, 0.2) is 0 Å². The lowest BCUT2D eigenvalue weighted by atomic mass is 9.76. The molecule has 1 aromatic heterocycles. The molecule has 0 atom stereocenters. The number of thiophene rings is 1. The number of piperidine rings is 1. The third-order valence-electron chi connectivity index (χ3n) is 3.17. The average molecular weight is 290 g/mol. The maximum absolute atomic E-state index is 9.57. The molecular weight excluding hydrogens is 274 g/mol. The second-order valence-corrected chi connectivity index (χ2v) is 6.23. The molecule has 0 aromatic carbocycles. The lowest BCUT2D eigenvalue weighted by Gasteiger charge is -2.35. The molecule has 1 aliphatic rings. The number of halogens is 1. The van der Waals surface area contributed by atoms with Gasteiger partial charge in [-0.1, -0.05) is 0 Å². The van der Waals surface area contributed by atoms with E-state index >= 15 is 0 Å². The molecule has 1 aromatic rings. The largest absolute Gasteiger partial charge is 0.396 e. The standard InChI is InChI=1S/C11H16BrNOS/c12-9-5-10(15-7-9)6-11(8-14)1-3-13-4-2-11/h5,7,13-14H,1-4,6,8H2. The molecule has 0 aliphatic carbocycles. The Morgan fingerprint density at radius 3 is 2.73 bits per heavy atom. The van der Waals surface area contributed by atoms with Crippen molar-refractivity contribution in [1.29, 1.82) is 0 Å². The third-order valence-corrected chi connectivity index (χ3v) is 4.87. The summed E-state index contributed by atoms with van der Waals surface area (Å²) in [5.74, 6) is 0. The van der Waals surface area contributed by atoms with Crippen LogP contribution in [0.1, 0.15) is 17.7 Å². The molecule has 0 spiro atoms. The van der Waals surface area contributed by atoms with E-state index in [1.54, 1.807) is 11.3 Å². The Hall–Kier alpha value is 0.1000. The highest BCUT2D eigenvalue weighted by Gasteiger charge is 2.31. The van der Waals surface area contributed by atoms with Crippen molar-refractivity contribution in [3.63, 3.8) is 0 Å². The summed E-state index contributed by atoms with van der Waals surface area (Å²) in [6.45, 7) is 2.38. The monoisotopic (exact) mass is 289 g/mol. The van der Waals surface area contributed by atoms with Gasteiger partial charge in [-0.05, 0) is 54.3 Å². The summed E-state index contributed by atoms with van der Waals surface area (Å²) in [6, 6.07) is 2.17. The predicted octanol–water partition coefficient (Wildman–Crippen LogP) is 2.42. The van der Waals surface area contributed by atoms with E-state index in [2.05, 4.69) is 32.7 Å². The lowest BCUT2D eigenvalue weighted by molar-refractivity contribution is 0.0901. The number of rotatable bonds is 3. The fourth-order valence-electron chi connectivity index (χ4n) is 2.16. The molecule has 1 saturated heterocycles. The van der Waals surface area contributed by atoms with Gasteiger partial charge in [-0.25, -0.2) is 0 Å². The second-order valence-electron chi connectivity index (χ2n) is 4.32. The van der Waals surface area contributed by atoms with Crippen molar-refractivity contribution in [2.24, 2.45) is 5.41 Å². The Morgan fingerprint density at radius 1 is 1.47 bits per heavy atom. The molecule has 2 nitrogen and oxygen atoms in total. The smallest absolute Gasteiger partial charge is 0.0491 e. The summed E-state index contributed by atoms with van der Waals surface area (Å²) < 4.78 is 1.16. The average Bonchev–Trinajstić information content (AvgIpc) is 2.65. The van der Waals surface area contributed by atoms with Crippen LogP contribution < -0.4 is 5.32 Å². The predicted molar refractivity (Wildman–Crippen MR) is 67.3 cm³/mol. The first-order chi connectivity index (χ1) is 7.24. The topological polar surface area (TPSA) is 32.3 Å². The molecule has 2 rings (SSSR count). The van der Waals surface area contributed by atoms with Crippen molar-refractivity contribution in [2.45, 2.75) is 19.3 Å². The molecular formula is C11H16BrNOS. The highest BCUT2D eigenvalue weighted by molar-refractivity contribution is 9.10. The van der Waals surface area contributed by atoms with E-state index in [0.29, 0.717) is 6.61 Å². The van der Waals surface area contributed by atoms with Gasteiger partial charge < -0.3 is 10.4 Å². The molecule has 0 unspecified atom stereocenters. The van der Waals surface area contributed by atoms with Gasteiger partial charge in [0.1, 0.15) is 0 Å². The van der Waals surface area contributed by atoms with Gasteiger partial charge in [-0.15, -0.1) is 11.3 Å². The SMILES string of the molecule is OCC1(Cc2cc(Br)cs2)CCNCC1. The van der Waals surface area contributed by atoms with Gasteiger partial charge in [0, 0.05) is 26.8 Å². The van der Waals surface area contributed by atoms with Crippen molar-refractivity contribution >= 4 is 27.3 Å². The fourth-order valence-corrected chi connectivity index (χ4v) is 3.79. The molecule has 1 fully saturated rings. The number of nitrogens with one attached hydrogen (secondary N) is 1. The van der Waals surface area contributed by atoms with Crippen LogP contribution in [0.4, 0.5) is 0 Å². The van der Waals surface area contributed by atoms with Crippen LogP contribution in [0.5, 0.6) is 0 Å². The molecule has 84 valence electrons. The zero-order valence-corrected chi connectivity index (χ0v) is 11.0. The van der Waals surface area contributed by atoms with Crippen molar-refractivity contribution in [2.75, 3.05) is 19.7 Å². The summed E-state index contributed by atoms with van der Waals surface area (Å²) in [6.07, 6.45) is 3.18. The van der Waals surface area contributed by atoms with Crippen LogP contribution in [0.3, 0.4) is 0 Å². The first kappa shape index (κ1) is 11.6. The van der Waals surface area contributed by atoms with Crippen molar-refractivity contribution in [3.8, 4) is 0 Å². The van der Waals surface area contributed by atoms with Crippen molar-refractivity contribution in [1.82, 2.24) is 5.32 Å². The first-order valence-electron chi connectivity index (χ1n) is 5.29. The summed E-state index contributed by atoms with van der Waals surface area (Å²) >= 11 is 5.25. The molecule has 0 bridgehead atoms. The van der Waals surface area contributed by atoms with Crippen molar-refractivity contribution in [3.05, 3.63) is 20.8 Å². The van der Waals surface area contributed by atoms with Gasteiger partial charge in [0.05, 0.1) is 0 Å². The third kappa shape index (κ3) is 2.81. The zero-order chi connectivity index (χ0) is 10.7. The summed E-state index contributed by atoms with van der Waals surface area (Å²) in [4.78, 5) is 1.37. The highest BCUT2D eigenvalue weighted by atomic mass is 79.9. The Balaban J connectivity index is 2.06. The summed E-state index contributed by atoms with van der Waals surface area (Å²) in [7, 11) is 0. The van der Waals surface area contributed by atoms with E-state index in [-0.39, 0.29) is 5.41 Å². The molecule has 2 N–H and O–H groups in total. The van der Waals surface area contributed by atoms with Gasteiger partial charge in [0.2, 0.25) is 0 Å². The van der Waals surface area contributed by atoms with Gasteiger partial charge in [-0.3, -0.25) is 0 Å². The van der Waals surface area contributed by atoms with E-state index in [0.717, 1.165) is 36.8 Å². The molecule has 2 heterocycles.